The van der Waals surface area contributed by atoms with Gasteiger partial charge < -0.3 is 20.3 Å². The molecule has 1 aromatic carbocycles. The summed E-state index contributed by atoms with van der Waals surface area (Å²) in [7, 11) is 1.54. The molecule has 1 saturated carbocycles. The van der Waals surface area contributed by atoms with Gasteiger partial charge in [0.05, 0.1) is 13.2 Å². The number of nitrogens with one attached hydrogen (secondary N) is 1. The summed E-state index contributed by atoms with van der Waals surface area (Å²) in [6.07, 6.45) is 3.93. The lowest BCUT2D eigenvalue weighted by Gasteiger charge is -2.26. The number of ether oxygens (including phenoxy) is 1. The first-order valence-corrected chi connectivity index (χ1v) is 7.83. The molecule has 1 aromatic rings. The molecule has 3 N–H and O–H groups in total. The van der Waals surface area contributed by atoms with E-state index in [2.05, 4.69) is 21.2 Å². The van der Waals surface area contributed by atoms with E-state index in [0.717, 1.165) is 42.3 Å². The fourth-order valence-electron chi connectivity index (χ4n) is 2.78. The lowest BCUT2D eigenvalue weighted by Crippen LogP contribution is -2.28. The molecule has 0 aliphatic heterocycles. The van der Waals surface area contributed by atoms with Crippen LogP contribution in [-0.4, -0.2) is 30.0 Å². The molecule has 0 spiro atoms. The van der Waals surface area contributed by atoms with Crippen LogP contribution in [0.2, 0.25) is 0 Å². The summed E-state index contributed by atoms with van der Waals surface area (Å²) in [5.74, 6) is 1.19. The van der Waals surface area contributed by atoms with Crippen molar-refractivity contribution in [3.63, 3.8) is 0 Å². The third-order valence-electron chi connectivity index (χ3n) is 3.84. The van der Waals surface area contributed by atoms with Gasteiger partial charge in [-0.1, -0.05) is 22.4 Å². The van der Waals surface area contributed by atoms with Gasteiger partial charge in [-0.15, -0.1) is 0 Å². The summed E-state index contributed by atoms with van der Waals surface area (Å²) in [6, 6.07) is 3.64. The minimum atomic E-state index is -0.144. The van der Waals surface area contributed by atoms with Gasteiger partial charge in [0.25, 0.3) is 0 Å². The maximum atomic E-state index is 10.1. The molecule has 2 atom stereocenters. The maximum Gasteiger partial charge on any atom is 0.162 e. The van der Waals surface area contributed by atoms with Crippen molar-refractivity contribution in [2.24, 2.45) is 5.92 Å². The van der Waals surface area contributed by atoms with Crippen molar-refractivity contribution in [3.05, 3.63) is 22.2 Å². The number of hydrogen-bond acceptors (Lipinski definition) is 4. The van der Waals surface area contributed by atoms with E-state index >= 15 is 0 Å². The third kappa shape index (κ3) is 4.11. The topological polar surface area (TPSA) is 61.7 Å². The van der Waals surface area contributed by atoms with E-state index in [1.54, 1.807) is 13.2 Å². The van der Waals surface area contributed by atoms with Crippen molar-refractivity contribution in [1.29, 1.82) is 0 Å². The van der Waals surface area contributed by atoms with Crippen molar-refractivity contribution >= 4 is 15.9 Å². The molecule has 0 aromatic heterocycles. The van der Waals surface area contributed by atoms with Crippen LogP contribution in [-0.2, 0) is 6.54 Å². The van der Waals surface area contributed by atoms with Crippen LogP contribution in [0.25, 0.3) is 0 Å². The van der Waals surface area contributed by atoms with E-state index in [-0.39, 0.29) is 11.9 Å². The largest absolute Gasteiger partial charge is 0.504 e. The normalized spacial score (nSPS) is 22.8. The highest BCUT2D eigenvalue weighted by molar-refractivity contribution is 9.10. The average molecular weight is 344 g/mol. The van der Waals surface area contributed by atoms with Crippen molar-refractivity contribution in [3.8, 4) is 11.5 Å². The van der Waals surface area contributed by atoms with Gasteiger partial charge in [-0.25, -0.2) is 0 Å². The third-order valence-corrected chi connectivity index (χ3v) is 4.30. The van der Waals surface area contributed by atoms with E-state index in [4.69, 9.17) is 4.74 Å². The van der Waals surface area contributed by atoms with Gasteiger partial charge in [0.2, 0.25) is 0 Å². The second-order valence-corrected chi connectivity index (χ2v) is 6.35. The molecule has 0 heterocycles. The van der Waals surface area contributed by atoms with Gasteiger partial charge in [0, 0.05) is 16.6 Å². The lowest BCUT2D eigenvalue weighted by atomic mass is 9.87. The lowest BCUT2D eigenvalue weighted by molar-refractivity contribution is 0.101. The highest BCUT2D eigenvalue weighted by atomic mass is 79.9. The Hall–Kier alpha value is -0.780. The predicted octanol–water partition coefficient (Wildman–Crippen LogP) is 2.80. The Morgan fingerprint density at radius 1 is 1.40 bits per heavy atom. The van der Waals surface area contributed by atoms with E-state index in [0.29, 0.717) is 18.2 Å². The number of methoxy groups -OCH3 is 1. The molecule has 2 rings (SSSR count). The first-order chi connectivity index (χ1) is 9.60. The number of aromatic hydroxyl groups is 1. The van der Waals surface area contributed by atoms with E-state index in [9.17, 15) is 10.2 Å². The van der Waals surface area contributed by atoms with Crippen LogP contribution in [0.15, 0.2) is 16.6 Å². The number of phenolic OH excluding ortho intramolecular Hbond substituents is 1. The predicted molar refractivity (Wildman–Crippen MR) is 82.0 cm³/mol. The molecular formula is C15H22BrNO3. The van der Waals surface area contributed by atoms with Gasteiger partial charge in [-0.2, -0.15) is 0 Å². The Balaban J connectivity index is 1.89. The fraction of sp³-hybridized carbons (Fsp3) is 0.600. The number of aliphatic hydroxyl groups is 1. The van der Waals surface area contributed by atoms with Crippen LogP contribution in [0.1, 0.15) is 31.2 Å². The number of phenols is 1. The molecule has 112 valence electrons. The molecule has 0 bridgehead atoms. The monoisotopic (exact) mass is 343 g/mol. The fourth-order valence-corrected chi connectivity index (χ4v) is 3.26. The van der Waals surface area contributed by atoms with Crippen molar-refractivity contribution in [2.75, 3.05) is 13.7 Å². The van der Waals surface area contributed by atoms with E-state index in [1.165, 1.54) is 0 Å². The quantitative estimate of drug-likeness (QED) is 0.769. The zero-order valence-corrected chi connectivity index (χ0v) is 13.3. The summed E-state index contributed by atoms with van der Waals surface area (Å²) in [4.78, 5) is 0. The van der Waals surface area contributed by atoms with Crippen LogP contribution in [0.5, 0.6) is 11.5 Å². The van der Waals surface area contributed by atoms with Gasteiger partial charge in [-0.05, 0) is 43.9 Å². The van der Waals surface area contributed by atoms with Crippen LogP contribution < -0.4 is 10.1 Å². The van der Waals surface area contributed by atoms with Gasteiger partial charge in [0.1, 0.15) is 0 Å². The standard InChI is InChI=1S/C15H22BrNO3/c1-20-14-7-12(16)6-11(15(14)19)9-17-8-10-3-2-4-13(18)5-10/h6-7,10,13,17-19H,2-5,8-9H2,1H3. The summed E-state index contributed by atoms with van der Waals surface area (Å²) in [5, 5.41) is 23.1. The Kier molecular flexibility index (Phi) is 5.69. The summed E-state index contributed by atoms with van der Waals surface area (Å²) < 4.78 is 6.02. The molecule has 20 heavy (non-hydrogen) atoms. The SMILES string of the molecule is COc1cc(Br)cc(CNCC2CCCC(O)C2)c1O. The number of benzene rings is 1. The first-order valence-electron chi connectivity index (χ1n) is 7.04. The smallest absolute Gasteiger partial charge is 0.162 e. The molecule has 0 saturated heterocycles. The Labute approximate surface area is 128 Å². The summed E-state index contributed by atoms with van der Waals surface area (Å²) in [6.45, 7) is 1.46. The van der Waals surface area contributed by atoms with Crippen molar-refractivity contribution < 1.29 is 14.9 Å². The highest BCUT2D eigenvalue weighted by Gasteiger charge is 2.19. The first kappa shape index (κ1) is 15.6. The zero-order chi connectivity index (χ0) is 14.5. The molecule has 5 heteroatoms. The van der Waals surface area contributed by atoms with E-state index < -0.39 is 0 Å². The molecule has 1 fully saturated rings. The Bertz CT molecular complexity index is 453. The number of halogens is 1. The zero-order valence-electron chi connectivity index (χ0n) is 11.7. The minimum absolute atomic E-state index is 0.144. The molecule has 4 nitrogen and oxygen atoms in total. The van der Waals surface area contributed by atoms with Gasteiger partial charge >= 0.3 is 0 Å². The highest BCUT2D eigenvalue weighted by Crippen LogP contribution is 2.33. The number of rotatable bonds is 5. The summed E-state index contributed by atoms with van der Waals surface area (Å²) >= 11 is 3.41. The second-order valence-electron chi connectivity index (χ2n) is 5.43. The molecular weight excluding hydrogens is 322 g/mol. The van der Waals surface area contributed by atoms with Crippen LogP contribution >= 0.6 is 15.9 Å². The number of hydrogen-bond donors (Lipinski definition) is 3. The van der Waals surface area contributed by atoms with E-state index in [1.807, 2.05) is 6.07 Å². The van der Waals surface area contributed by atoms with Crippen LogP contribution in [0.3, 0.4) is 0 Å². The molecule has 0 amide bonds. The van der Waals surface area contributed by atoms with Gasteiger partial charge in [-0.3, -0.25) is 0 Å². The molecule has 1 aliphatic carbocycles. The Morgan fingerprint density at radius 2 is 2.20 bits per heavy atom. The second kappa shape index (κ2) is 7.29. The molecule has 1 aliphatic rings. The van der Waals surface area contributed by atoms with Crippen LogP contribution in [0.4, 0.5) is 0 Å². The molecule has 2 unspecified atom stereocenters. The van der Waals surface area contributed by atoms with Crippen molar-refractivity contribution in [1.82, 2.24) is 5.32 Å². The van der Waals surface area contributed by atoms with Gasteiger partial charge in [0.15, 0.2) is 11.5 Å². The summed E-state index contributed by atoms with van der Waals surface area (Å²) in [5.41, 5.74) is 0.813. The minimum Gasteiger partial charge on any atom is -0.504 e. The van der Waals surface area contributed by atoms with Crippen molar-refractivity contribution in [2.45, 2.75) is 38.3 Å². The van der Waals surface area contributed by atoms with Crippen LogP contribution in [0, 0.1) is 5.92 Å². The maximum absolute atomic E-state index is 10.1. The average Bonchev–Trinajstić information content (AvgIpc) is 2.42. The molecule has 0 radical (unpaired) electrons. The Morgan fingerprint density at radius 3 is 2.90 bits per heavy atom. The number of aliphatic hydroxyl groups excluding tert-OH is 1.